The zero-order chi connectivity index (χ0) is 11.6. The van der Waals surface area contributed by atoms with E-state index in [4.69, 9.17) is 4.42 Å². The Kier molecular flexibility index (Phi) is 3.35. The highest BCUT2D eigenvalue weighted by Gasteiger charge is 2.33. The van der Waals surface area contributed by atoms with Gasteiger partial charge in [0.2, 0.25) is 0 Å². The van der Waals surface area contributed by atoms with Gasteiger partial charge in [0.25, 0.3) is 0 Å². The van der Waals surface area contributed by atoms with Crippen molar-refractivity contribution < 1.29 is 17.9 Å². The van der Waals surface area contributed by atoms with Crippen molar-refractivity contribution in [2.24, 2.45) is 11.8 Å². The van der Waals surface area contributed by atoms with Crippen LogP contribution in [0.4, 0.5) is 0 Å². The van der Waals surface area contributed by atoms with Gasteiger partial charge in [-0.2, -0.15) is 0 Å². The molecule has 2 unspecified atom stereocenters. The topological polar surface area (TPSA) is 67.5 Å². The van der Waals surface area contributed by atoms with E-state index < -0.39 is 9.84 Å². The van der Waals surface area contributed by atoms with Crippen molar-refractivity contribution in [2.75, 3.05) is 18.1 Å². The van der Waals surface area contributed by atoms with Crippen LogP contribution in [0.1, 0.15) is 12.0 Å². The minimum Gasteiger partial charge on any atom is -0.472 e. The molecule has 1 aromatic heterocycles. The number of aliphatic hydroxyl groups is 1. The Labute approximate surface area is 95.2 Å². The second-order valence-electron chi connectivity index (χ2n) is 4.44. The third-order valence-corrected chi connectivity index (χ3v) is 5.04. The summed E-state index contributed by atoms with van der Waals surface area (Å²) in [5.74, 6) is 0.593. The molecule has 2 heterocycles. The van der Waals surface area contributed by atoms with Crippen LogP contribution in [0, 0.1) is 11.8 Å². The van der Waals surface area contributed by atoms with E-state index in [1.165, 1.54) is 0 Å². The van der Waals surface area contributed by atoms with Crippen molar-refractivity contribution in [1.29, 1.82) is 0 Å². The average Bonchev–Trinajstić information content (AvgIpc) is 2.83. The molecule has 0 aromatic carbocycles. The molecule has 16 heavy (non-hydrogen) atoms. The number of hydrogen-bond acceptors (Lipinski definition) is 4. The van der Waals surface area contributed by atoms with Crippen LogP contribution in [0.15, 0.2) is 23.0 Å². The summed E-state index contributed by atoms with van der Waals surface area (Å²) in [6.07, 6.45) is 4.60. The summed E-state index contributed by atoms with van der Waals surface area (Å²) in [5.41, 5.74) is 1.02. The Bertz CT molecular complexity index is 421. The van der Waals surface area contributed by atoms with Gasteiger partial charge in [0.1, 0.15) is 0 Å². The van der Waals surface area contributed by atoms with Gasteiger partial charge in [0, 0.05) is 6.61 Å². The highest BCUT2D eigenvalue weighted by atomic mass is 32.2. The molecule has 4 nitrogen and oxygen atoms in total. The molecule has 1 saturated heterocycles. The van der Waals surface area contributed by atoms with Crippen LogP contribution < -0.4 is 0 Å². The van der Waals surface area contributed by atoms with Crippen molar-refractivity contribution in [3.8, 4) is 0 Å². The Morgan fingerprint density at radius 2 is 2.38 bits per heavy atom. The quantitative estimate of drug-likeness (QED) is 0.853. The van der Waals surface area contributed by atoms with Gasteiger partial charge in [0.05, 0.1) is 24.0 Å². The first kappa shape index (κ1) is 11.7. The standard InChI is InChI=1S/C11H16O4S/c12-6-11(5-9-1-3-15-7-9)10-2-4-16(13,14)8-10/h1,3,7,10-12H,2,4-6,8H2. The van der Waals surface area contributed by atoms with E-state index in [1.807, 2.05) is 6.07 Å². The smallest absolute Gasteiger partial charge is 0.150 e. The summed E-state index contributed by atoms with van der Waals surface area (Å²) in [6.45, 7) is 0.0331. The van der Waals surface area contributed by atoms with Gasteiger partial charge >= 0.3 is 0 Å². The highest BCUT2D eigenvalue weighted by Crippen LogP contribution is 2.28. The first-order chi connectivity index (χ1) is 7.61. The molecule has 0 radical (unpaired) electrons. The fourth-order valence-electron chi connectivity index (χ4n) is 2.29. The van der Waals surface area contributed by atoms with Gasteiger partial charge < -0.3 is 9.52 Å². The number of aliphatic hydroxyl groups excluding tert-OH is 1. The maximum absolute atomic E-state index is 11.4. The van der Waals surface area contributed by atoms with Crippen molar-refractivity contribution in [2.45, 2.75) is 12.8 Å². The Balaban J connectivity index is 2.01. The maximum atomic E-state index is 11.4. The summed E-state index contributed by atoms with van der Waals surface area (Å²) in [5, 5.41) is 9.33. The third kappa shape index (κ3) is 2.65. The zero-order valence-electron chi connectivity index (χ0n) is 9.00. The Morgan fingerprint density at radius 1 is 1.56 bits per heavy atom. The van der Waals surface area contributed by atoms with Crippen LogP contribution in [-0.2, 0) is 16.3 Å². The second-order valence-corrected chi connectivity index (χ2v) is 6.67. The molecule has 2 atom stereocenters. The lowest BCUT2D eigenvalue weighted by atomic mass is 9.88. The molecule has 0 amide bonds. The predicted molar refractivity (Wildman–Crippen MR) is 59.7 cm³/mol. The van der Waals surface area contributed by atoms with E-state index >= 15 is 0 Å². The molecule has 1 aliphatic rings. The van der Waals surface area contributed by atoms with Crippen LogP contribution in [0.5, 0.6) is 0 Å². The molecule has 1 N–H and O–H groups in total. The summed E-state index contributed by atoms with van der Waals surface area (Å²) >= 11 is 0. The molecular weight excluding hydrogens is 228 g/mol. The maximum Gasteiger partial charge on any atom is 0.150 e. The van der Waals surface area contributed by atoms with E-state index in [1.54, 1.807) is 12.5 Å². The third-order valence-electron chi connectivity index (χ3n) is 3.25. The van der Waals surface area contributed by atoms with Crippen molar-refractivity contribution >= 4 is 9.84 Å². The lowest BCUT2D eigenvalue weighted by Gasteiger charge is -2.19. The van der Waals surface area contributed by atoms with Gasteiger partial charge in [-0.15, -0.1) is 0 Å². The SMILES string of the molecule is O=S1(=O)CCC(C(CO)Cc2ccoc2)C1. The van der Waals surface area contributed by atoms with Gasteiger partial charge in [0.15, 0.2) is 9.84 Å². The normalized spacial score (nSPS) is 25.7. The molecule has 0 aliphatic carbocycles. The predicted octanol–water partition coefficient (Wildman–Crippen LogP) is 0.865. The lowest BCUT2D eigenvalue weighted by molar-refractivity contribution is 0.184. The summed E-state index contributed by atoms with van der Waals surface area (Å²) in [4.78, 5) is 0. The number of rotatable bonds is 4. The van der Waals surface area contributed by atoms with E-state index in [0.717, 1.165) is 5.56 Å². The highest BCUT2D eigenvalue weighted by molar-refractivity contribution is 7.91. The number of sulfone groups is 1. The van der Waals surface area contributed by atoms with E-state index in [9.17, 15) is 13.5 Å². The summed E-state index contributed by atoms with van der Waals surface area (Å²) in [6, 6.07) is 1.85. The van der Waals surface area contributed by atoms with E-state index in [2.05, 4.69) is 0 Å². The van der Waals surface area contributed by atoms with E-state index in [-0.39, 0.29) is 29.9 Å². The van der Waals surface area contributed by atoms with Crippen LogP contribution >= 0.6 is 0 Å². The lowest BCUT2D eigenvalue weighted by Crippen LogP contribution is -2.22. The molecule has 1 aliphatic heterocycles. The molecule has 2 rings (SSSR count). The largest absolute Gasteiger partial charge is 0.472 e. The van der Waals surface area contributed by atoms with Crippen LogP contribution in [0.2, 0.25) is 0 Å². The number of hydrogen-bond donors (Lipinski definition) is 1. The zero-order valence-corrected chi connectivity index (χ0v) is 9.82. The molecular formula is C11H16O4S. The molecule has 0 spiro atoms. The second kappa shape index (κ2) is 4.59. The van der Waals surface area contributed by atoms with Crippen LogP contribution in [-0.4, -0.2) is 31.6 Å². The van der Waals surface area contributed by atoms with Crippen molar-refractivity contribution in [1.82, 2.24) is 0 Å². The monoisotopic (exact) mass is 244 g/mol. The molecule has 0 bridgehead atoms. The first-order valence-electron chi connectivity index (χ1n) is 5.43. The van der Waals surface area contributed by atoms with Gasteiger partial charge in [-0.05, 0) is 36.3 Å². The van der Waals surface area contributed by atoms with Crippen LogP contribution in [0.25, 0.3) is 0 Å². The minimum atomic E-state index is -2.86. The molecule has 1 aromatic rings. The molecule has 5 heteroatoms. The number of furan rings is 1. The first-order valence-corrected chi connectivity index (χ1v) is 7.25. The molecule has 1 fully saturated rings. The summed E-state index contributed by atoms with van der Waals surface area (Å²) in [7, 11) is -2.86. The van der Waals surface area contributed by atoms with Gasteiger partial charge in [-0.3, -0.25) is 0 Å². The van der Waals surface area contributed by atoms with E-state index in [0.29, 0.717) is 12.8 Å². The van der Waals surface area contributed by atoms with Gasteiger partial charge in [-0.25, -0.2) is 8.42 Å². The molecule has 90 valence electrons. The average molecular weight is 244 g/mol. The Morgan fingerprint density at radius 3 is 2.88 bits per heavy atom. The summed E-state index contributed by atoms with van der Waals surface area (Å²) < 4.78 is 27.7. The Hall–Kier alpha value is -0.810. The minimum absolute atomic E-state index is 0.0230. The fraction of sp³-hybridized carbons (Fsp3) is 0.636. The van der Waals surface area contributed by atoms with Crippen LogP contribution in [0.3, 0.4) is 0 Å². The van der Waals surface area contributed by atoms with Crippen molar-refractivity contribution in [3.63, 3.8) is 0 Å². The molecule has 0 saturated carbocycles. The van der Waals surface area contributed by atoms with Gasteiger partial charge in [-0.1, -0.05) is 0 Å². The van der Waals surface area contributed by atoms with Crippen molar-refractivity contribution in [3.05, 3.63) is 24.2 Å². The fourth-order valence-corrected chi connectivity index (χ4v) is 4.21.